The summed E-state index contributed by atoms with van der Waals surface area (Å²) < 4.78 is 4.79. The highest BCUT2D eigenvalue weighted by Gasteiger charge is 2.27. The second kappa shape index (κ2) is 3.72. The zero-order chi connectivity index (χ0) is 8.27. The van der Waals surface area contributed by atoms with E-state index in [1.807, 2.05) is 0 Å². The number of hydrogen-bond acceptors (Lipinski definition) is 3. The number of carbonyl (C=O) groups is 1. The Morgan fingerprint density at radius 3 is 2.82 bits per heavy atom. The summed E-state index contributed by atoms with van der Waals surface area (Å²) >= 11 is 0. The van der Waals surface area contributed by atoms with Crippen molar-refractivity contribution in [2.24, 2.45) is 0 Å². The molecule has 0 bridgehead atoms. The van der Waals surface area contributed by atoms with E-state index in [1.54, 1.807) is 0 Å². The van der Waals surface area contributed by atoms with Crippen molar-refractivity contribution in [1.82, 2.24) is 4.90 Å². The second-order valence-corrected chi connectivity index (χ2v) is 3.04. The molecule has 1 aliphatic heterocycles. The number of esters is 1. The van der Waals surface area contributed by atoms with Crippen LogP contribution < -0.4 is 0 Å². The summed E-state index contributed by atoms with van der Waals surface area (Å²) in [7, 11) is 0. The van der Waals surface area contributed by atoms with E-state index in [0.29, 0.717) is 6.61 Å². The highest BCUT2D eigenvalue weighted by Crippen LogP contribution is 2.15. The van der Waals surface area contributed by atoms with Crippen LogP contribution in [0, 0.1) is 0 Å². The molecule has 2 unspecified atom stereocenters. The molecule has 0 radical (unpaired) electrons. The van der Waals surface area contributed by atoms with Crippen LogP contribution in [0.2, 0.25) is 0 Å². The Bertz CT molecular complexity index is 147. The van der Waals surface area contributed by atoms with E-state index in [4.69, 9.17) is 4.74 Å². The van der Waals surface area contributed by atoms with Gasteiger partial charge in [0.1, 0.15) is 0 Å². The van der Waals surface area contributed by atoms with Crippen LogP contribution in [0.5, 0.6) is 0 Å². The Kier molecular flexibility index (Phi) is 2.88. The van der Waals surface area contributed by atoms with Crippen LogP contribution in [-0.4, -0.2) is 36.6 Å². The van der Waals surface area contributed by atoms with Crippen molar-refractivity contribution >= 4 is 5.97 Å². The summed E-state index contributed by atoms with van der Waals surface area (Å²) in [4.78, 5) is 12.7. The van der Waals surface area contributed by atoms with E-state index in [2.05, 4.69) is 11.8 Å². The fraction of sp³-hybridized carbons (Fsp3) is 0.875. The lowest BCUT2D eigenvalue weighted by Crippen LogP contribution is -2.08. The lowest BCUT2D eigenvalue weighted by molar-refractivity contribution is -0.141. The second-order valence-electron chi connectivity index (χ2n) is 3.04. The molecule has 1 saturated heterocycles. The molecule has 0 amide bonds. The third-order valence-electron chi connectivity index (χ3n) is 1.88. The number of hydrogen-bond donors (Lipinski definition) is 0. The maximum atomic E-state index is 10.3. The van der Waals surface area contributed by atoms with Gasteiger partial charge in [-0.1, -0.05) is 0 Å². The summed E-state index contributed by atoms with van der Waals surface area (Å²) in [6.45, 7) is 6.49. The molecule has 0 spiro atoms. The first kappa shape index (κ1) is 8.53. The zero-order valence-electron chi connectivity index (χ0n) is 7.17. The lowest BCUT2D eigenvalue weighted by Gasteiger charge is -2.01. The third-order valence-corrected chi connectivity index (χ3v) is 1.88. The highest BCUT2D eigenvalue weighted by molar-refractivity contribution is 5.65. The van der Waals surface area contributed by atoms with Crippen molar-refractivity contribution in [1.29, 1.82) is 0 Å². The fourth-order valence-electron chi connectivity index (χ4n) is 1.09. The molecule has 1 aliphatic rings. The van der Waals surface area contributed by atoms with Gasteiger partial charge in [0.15, 0.2) is 0 Å². The Morgan fingerprint density at radius 1 is 1.73 bits per heavy atom. The van der Waals surface area contributed by atoms with Gasteiger partial charge in [0.25, 0.3) is 0 Å². The molecule has 0 aromatic heterocycles. The van der Waals surface area contributed by atoms with Crippen molar-refractivity contribution in [3.63, 3.8) is 0 Å². The molecule has 64 valence electrons. The molecule has 0 saturated carbocycles. The van der Waals surface area contributed by atoms with Gasteiger partial charge in [0, 0.05) is 26.1 Å². The Hall–Kier alpha value is -0.570. The number of ether oxygens (including phenoxy) is 1. The van der Waals surface area contributed by atoms with Crippen molar-refractivity contribution in [3.8, 4) is 0 Å². The van der Waals surface area contributed by atoms with Crippen molar-refractivity contribution < 1.29 is 9.53 Å². The van der Waals surface area contributed by atoms with E-state index in [0.717, 1.165) is 19.0 Å². The topological polar surface area (TPSA) is 29.3 Å². The minimum absolute atomic E-state index is 0.177. The maximum absolute atomic E-state index is 10.3. The molecule has 3 nitrogen and oxygen atoms in total. The van der Waals surface area contributed by atoms with Gasteiger partial charge < -0.3 is 4.74 Å². The van der Waals surface area contributed by atoms with Gasteiger partial charge in [0.2, 0.25) is 0 Å². The first-order valence-corrected chi connectivity index (χ1v) is 4.07. The van der Waals surface area contributed by atoms with Gasteiger partial charge in [-0.15, -0.1) is 0 Å². The predicted molar refractivity (Wildman–Crippen MR) is 42.3 cm³/mol. The van der Waals surface area contributed by atoms with E-state index < -0.39 is 0 Å². The van der Waals surface area contributed by atoms with Gasteiger partial charge in [-0.25, -0.2) is 0 Å². The molecular weight excluding hydrogens is 142 g/mol. The van der Waals surface area contributed by atoms with E-state index in [9.17, 15) is 4.79 Å². The Balaban J connectivity index is 1.85. The number of carbonyl (C=O) groups excluding carboxylic acids is 1. The fourth-order valence-corrected chi connectivity index (χ4v) is 1.09. The van der Waals surface area contributed by atoms with Crippen LogP contribution in [0.25, 0.3) is 0 Å². The standard InChI is InChI=1S/C8H15NO2/c1-7-6-9(7)4-3-5-11-8(2)10/h7H,3-6H2,1-2H3. The molecular formula is C8H15NO2. The molecule has 2 atom stereocenters. The van der Waals surface area contributed by atoms with Gasteiger partial charge in [-0.2, -0.15) is 0 Å². The molecule has 3 heteroatoms. The molecule has 0 aliphatic carbocycles. The average Bonchev–Trinajstić information content (AvgIpc) is 2.59. The van der Waals surface area contributed by atoms with E-state index in [-0.39, 0.29) is 5.97 Å². The van der Waals surface area contributed by atoms with Gasteiger partial charge >= 0.3 is 5.97 Å². The van der Waals surface area contributed by atoms with Crippen LogP contribution in [0.4, 0.5) is 0 Å². The highest BCUT2D eigenvalue weighted by atomic mass is 16.5. The average molecular weight is 157 g/mol. The molecule has 1 rings (SSSR count). The predicted octanol–water partition coefficient (Wildman–Crippen LogP) is 0.644. The molecule has 0 N–H and O–H groups in total. The molecule has 1 heterocycles. The summed E-state index contributed by atoms with van der Waals surface area (Å²) in [6.07, 6.45) is 0.962. The quantitative estimate of drug-likeness (QED) is 0.341. The monoisotopic (exact) mass is 157 g/mol. The third kappa shape index (κ3) is 3.37. The van der Waals surface area contributed by atoms with E-state index in [1.165, 1.54) is 13.5 Å². The van der Waals surface area contributed by atoms with Gasteiger partial charge in [0.05, 0.1) is 6.61 Å². The smallest absolute Gasteiger partial charge is 0.302 e. The minimum Gasteiger partial charge on any atom is -0.466 e. The molecule has 11 heavy (non-hydrogen) atoms. The van der Waals surface area contributed by atoms with Crippen LogP contribution >= 0.6 is 0 Å². The first-order chi connectivity index (χ1) is 5.20. The SMILES string of the molecule is CC(=O)OCCCN1CC1C. The normalized spacial score (nSPS) is 28.2. The van der Waals surface area contributed by atoms with Gasteiger partial charge in [-0.05, 0) is 13.3 Å². The number of rotatable bonds is 4. The van der Waals surface area contributed by atoms with E-state index >= 15 is 0 Å². The number of nitrogens with zero attached hydrogens (tertiary/aromatic N) is 1. The van der Waals surface area contributed by atoms with Crippen LogP contribution in [-0.2, 0) is 9.53 Å². The molecule has 0 aromatic rings. The largest absolute Gasteiger partial charge is 0.466 e. The molecule has 0 aromatic carbocycles. The summed E-state index contributed by atoms with van der Waals surface area (Å²) in [5.74, 6) is -0.177. The molecule has 1 fully saturated rings. The van der Waals surface area contributed by atoms with Crippen molar-refractivity contribution in [2.45, 2.75) is 26.3 Å². The maximum Gasteiger partial charge on any atom is 0.302 e. The summed E-state index contributed by atoms with van der Waals surface area (Å²) in [5, 5.41) is 0. The Morgan fingerprint density at radius 2 is 2.36 bits per heavy atom. The Labute approximate surface area is 67.3 Å². The van der Waals surface area contributed by atoms with Crippen LogP contribution in [0.3, 0.4) is 0 Å². The van der Waals surface area contributed by atoms with Crippen molar-refractivity contribution in [2.75, 3.05) is 19.7 Å². The van der Waals surface area contributed by atoms with Gasteiger partial charge in [-0.3, -0.25) is 9.69 Å². The minimum atomic E-state index is -0.177. The first-order valence-electron chi connectivity index (χ1n) is 4.07. The van der Waals surface area contributed by atoms with Crippen molar-refractivity contribution in [3.05, 3.63) is 0 Å². The van der Waals surface area contributed by atoms with Crippen LogP contribution in [0.15, 0.2) is 0 Å². The summed E-state index contributed by atoms with van der Waals surface area (Å²) in [5.41, 5.74) is 0. The zero-order valence-corrected chi connectivity index (χ0v) is 7.17. The summed E-state index contributed by atoms with van der Waals surface area (Å²) in [6, 6.07) is 0.757. The lowest BCUT2D eigenvalue weighted by atomic mass is 10.4. The van der Waals surface area contributed by atoms with Crippen LogP contribution in [0.1, 0.15) is 20.3 Å².